The Balaban J connectivity index is 1.88. The summed E-state index contributed by atoms with van der Waals surface area (Å²) in [5.41, 5.74) is -0.788. The topological polar surface area (TPSA) is 86.7 Å². The summed E-state index contributed by atoms with van der Waals surface area (Å²) in [7, 11) is 0. The van der Waals surface area contributed by atoms with Gasteiger partial charge in [-0.3, -0.25) is 14.4 Å². The molecule has 3 amide bonds. The van der Waals surface area contributed by atoms with Gasteiger partial charge in [-0.1, -0.05) is 43.0 Å². The second-order valence-electron chi connectivity index (χ2n) is 6.12. The number of benzene rings is 2. The van der Waals surface area contributed by atoms with Crippen LogP contribution in [0.3, 0.4) is 0 Å². The van der Waals surface area contributed by atoms with Crippen molar-refractivity contribution in [3.8, 4) is 0 Å². The van der Waals surface area contributed by atoms with Gasteiger partial charge in [0, 0.05) is 35.7 Å². The Morgan fingerprint density at radius 2 is 1.73 bits per heavy atom. The molecule has 1 heterocycles. The first-order valence-electron chi connectivity index (χ1n) is 8.06. The Labute approximate surface area is 150 Å². The average Bonchev–Trinajstić information content (AvgIpc) is 2.83. The zero-order chi connectivity index (χ0) is 18.9. The fraction of sp³-hybridized carbons (Fsp3) is 0.150. The molecule has 0 aliphatic carbocycles. The van der Waals surface area contributed by atoms with Crippen LogP contribution in [-0.4, -0.2) is 27.7 Å². The fourth-order valence-corrected chi connectivity index (χ4v) is 3.12. The molecule has 0 fully saturated rings. The zero-order valence-corrected chi connectivity index (χ0v) is 14.2. The van der Waals surface area contributed by atoms with Gasteiger partial charge in [0.15, 0.2) is 5.72 Å². The van der Waals surface area contributed by atoms with Gasteiger partial charge >= 0.3 is 0 Å². The summed E-state index contributed by atoms with van der Waals surface area (Å²) in [6.07, 6.45) is -0.284. The van der Waals surface area contributed by atoms with E-state index in [2.05, 4.69) is 11.9 Å². The largest absolute Gasteiger partial charge is 0.366 e. The molecule has 0 saturated heterocycles. The van der Waals surface area contributed by atoms with E-state index in [1.54, 1.807) is 48.5 Å². The lowest BCUT2D eigenvalue weighted by Gasteiger charge is -2.32. The number of rotatable bonds is 4. The van der Waals surface area contributed by atoms with E-state index in [4.69, 9.17) is 0 Å². The summed E-state index contributed by atoms with van der Waals surface area (Å²) in [5, 5.41) is 13.8. The highest BCUT2D eigenvalue weighted by Crippen LogP contribution is 2.41. The Hall–Kier alpha value is -3.25. The molecule has 1 aliphatic rings. The van der Waals surface area contributed by atoms with Crippen molar-refractivity contribution >= 4 is 23.4 Å². The molecule has 6 heteroatoms. The van der Waals surface area contributed by atoms with E-state index >= 15 is 0 Å². The maximum Gasteiger partial charge on any atom is 0.263 e. The van der Waals surface area contributed by atoms with Crippen LogP contribution in [0.4, 0.5) is 5.69 Å². The number of carbonyl (C=O) groups excluding carboxylic acids is 3. The van der Waals surface area contributed by atoms with Crippen LogP contribution < -0.4 is 5.32 Å². The summed E-state index contributed by atoms with van der Waals surface area (Å²) in [5.74, 6) is -1.69. The molecule has 2 N–H and O–H groups in total. The molecular formula is C20H18N2O4. The molecule has 0 bridgehead atoms. The molecular weight excluding hydrogens is 332 g/mol. The van der Waals surface area contributed by atoms with Crippen LogP contribution in [-0.2, 0) is 15.3 Å². The van der Waals surface area contributed by atoms with Gasteiger partial charge in [0.2, 0.25) is 5.91 Å². The quantitative estimate of drug-likeness (QED) is 0.829. The molecule has 1 aliphatic heterocycles. The molecule has 6 nitrogen and oxygen atoms in total. The normalized spacial score (nSPS) is 18.4. The molecule has 0 saturated carbocycles. The van der Waals surface area contributed by atoms with E-state index in [9.17, 15) is 19.5 Å². The maximum absolute atomic E-state index is 12.5. The smallest absolute Gasteiger partial charge is 0.263 e. The van der Waals surface area contributed by atoms with E-state index in [0.717, 1.165) is 4.90 Å². The number of anilines is 1. The summed E-state index contributed by atoms with van der Waals surface area (Å²) < 4.78 is 0. The van der Waals surface area contributed by atoms with Gasteiger partial charge in [0.1, 0.15) is 0 Å². The second kappa shape index (κ2) is 6.57. The van der Waals surface area contributed by atoms with E-state index < -0.39 is 23.4 Å². The van der Waals surface area contributed by atoms with E-state index in [1.165, 1.54) is 6.92 Å². The van der Waals surface area contributed by atoms with Crippen LogP contribution in [0.5, 0.6) is 0 Å². The van der Waals surface area contributed by atoms with Gasteiger partial charge < -0.3 is 10.4 Å². The molecule has 26 heavy (non-hydrogen) atoms. The van der Waals surface area contributed by atoms with E-state index in [0.29, 0.717) is 5.69 Å². The third-order valence-electron chi connectivity index (χ3n) is 4.29. The molecule has 0 aromatic heterocycles. The van der Waals surface area contributed by atoms with Crippen LogP contribution in [0.2, 0.25) is 0 Å². The Kier molecular flexibility index (Phi) is 4.44. The van der Waals surface area contributed by atoms with Crippen molar-refractivity contribution in [1.29, 1.82) is 0 Å². The maximum atomic E-state index is 12.5. The van der Waals surface area contributed by atoms with Crippen LogP contribution in [0.1, 0.15) is 29.3 Å². The van der Waals surface area contributed by atoms with Crippen LogP contribution >= 0.6 is 0 Å². The van der Waals surface area contributed by atoms with Crippen molar-refractivity contribution in [1.82, 2.24) is 4.90 Å². The van der Waals surface area contributed by atoms with Crippen molar-refractivity contribution in [3.05, 3.63) is 77.9 Å². The number of hydrogen-bond donors (Lipinski definition) is 2. The summed E-state index contributed by atoms with van der Waals surface area (Å²) in [4.78, 5) is 37.7. The van der Waals surface area contributed by atoms with Crippen molar-refractivity contribution in [2.24, 2.45) is 0 Å². The summed E-state index contributed by atoms with van der Waals surface area (Å²) in [6, 6.07) is 15.2. The Morgan fingerprint density at radius 1 is 1.12 bits per heavy atom. The summed E-state index contributed by atoms with van der Waals surface area (Å²) in [6.45, 7) is 4.93. The molecule has 2 aromatic carbocycles. The van der Waals surface area contributed by atoms with Crippen molar-refractivity contribution in [3.63, 3.8) is 0 Å². The number of nitrogens with zero attached hydrogens (tertiary/aromatic N) is 1. The monoisotopic (exact) mass is 350 g/mol. The highest BCUT2D eigenvalue weighted by atomic mass is 16.3. The molecule has 0 spiro atoms. The predicted octanol–water partition coefficient (Wildman–Crippen LogP) is 2.42. The lowest BCUT2D eigenvalue weighted by atomic mass is 9.94. The number of aliphatic hydroxyl groups is 1. The van der Waals surface area contributed by atoms with Crippen LogP contribution in [0.15, 0.2) is 66.7 Å². The number of nitrogens with one attached hydrogen (secondary N) is 1. The molecule has 0 radical (unpaired) electrons. The lowest BCUT2D eigenvalue weighted by molar-refractivity contribution is -0.148. The SMILES string of the molecule is C=C(CC1(O)c2ccccc2C(=O)N1C(C)=O)C(=O)Nc1ccccc1. The number of fused-ring (bicyclic) bond motifs is 1. The average molecular weight is 350 g/mol. The molecule has 1 unspecified atom stereocenters. The predicted molar refractivity (Wildman–Crippen MR) is 96.0 cm³/mol. The fourth-order valence-electron chi connectivity index (χ4n) is 3.12. The molecule has 2 aromatic rings. The first-order valence-corrected chi connectivity index (χ1v) is 8.06. The second-order valence-corrected chi connectivity index (χ2v) is 6.12. The molecule has 3 rings (SSSR count). The van der Waals surface area contributed by atoms with E-state index in [1.807, 2.05) is 6.07 Å². The Bertz CT molecular complexity index is 907. The minimum absolute atomic E-state index is 0.0482. The number of hydrogen-bond acceptors (Lipinski definition) is 4. The van der Waals surface area contributed by atoms with Crippen molar-refractivity contribution in [2.75, 3.05) is 5.32 Å². The van der Waals surface area contributed by atoms with Crippen molar-refractivity contribution in [2.45, 2.75) is 19.1 Å². The van der Waals surface area contributed by atoms with Crippen LogP contribution in [0.25, 0.3) is 0 Å². The van der Waals surface area contributed by atoms with Crippen LogP contribution in [0, 0.1) is 0 Å². The highest BCUT2D eigenvalue weighted by molar-refractivity contribution is 6.09. The van der Waals surface area contributed by atoms with Crippen molar-refractivity contribution < 1.29 is 19.5 Å². The van der Waals surface area contributed by atoms with Gasteiger partial charge in [-0.2, -0.15) is 0 Å². The van der Waals surface area contributed by atoms with E-state index in [-0.39, 0.29) is 23.1 Å². The zero-order valence-electron chi connectivity index (χ0n) is 14.2. The van der Waals surface area contributed by atoms with Gasteiger partial charge in [-0.25, -0.2) is 4.90 Å². The molecule has 132 valence electrons. The number of carbonyl (C=O) groups is 3. The standard InChI is InChI=1S/C20H18N2O4/c1-13(18(24)21-15-8-4-3-5-9-15)12-20(26)17-11-7-6-10-16(17)19(25)22(20)14(2)23/h3-11,26H,1,12H2,2H3,(H,21,24). The number of amides is 3. The van der Waals surface area contributed by atoms with Gasteiger partial charge in [0.05, 0.1) is 0 Å². The Morgan fingerprint density at radius 3 is 2.38 bits per heavy atom. The molecule has 1 atom stereocenters. The number of imide groups is 1. The highest BCUT2D eigenvalue weighted by Gasteiger charge is 2.51. The van der Waals surface area contributed by atoms with Gasteiger partial charge in [-0.05, 0) is 18.2 Å². The third-order valence-corrected chi connectivity index (χ3v) is 4.29. The number of para-hydroxylation sites is 1. The first-order chi connectivity index (χ1) is 12.3. The third kappa shape index (κ3) is 2.91. The van der Waals surface area contributed by atoms with Gasteiger partial charge in [0.25, 0.3) is 11.8 Å². The first kappa shape index (κ1) is 17.6. The minimum atomic E-state index is -1.94. The van der Waals surface area contributed by atoms with Gasteiger partial charge in [-0.15, -0.1) is 0 Å². The summed E-state index contributed by atoms with van der Waals surface area (Å²) >= 11 is 0. The minimum Gasteiger partial charge on any atom is -0.366 e. The lowest BCUT2D eigenvalue weighted by Crippen LogP contribution is -2.47.